The van der Waals surface area contributed by atoms with E-state index in [9.17, 15) is 9.90 Å². The molecule has 4 rings (SSSR count). The van der Waals surface area contributed by atoms with Crippen LogP contribution in [0.2, 0.25) is 0 Å². The van der Waals surface area contributed by atoms with Gasteiger partial charge in [0, 0.05) is 31.5 Å². The zero-order chi connectivity index (χ0) is 14.8. The summed E-state index contributed by atoms with van der Waals surface area (Å²) in [5.74, 6) is 0.145. The van der Waals surface area contributed by atoms with E-state index < -0.39 is 5.97 Å². The van der Waals surface area contributed by atoms with E-state index in [-0.39, 0.29) is 5.75 Å². The van der Waals surface area contributed by atoms with E-state index in [0.29, 0.717) is 5.92 Å². The molecule has 0 spiro atoms. The van der Waals surface area contributed by atoms with Crippen molar-refractivity contribution in [3.63, 3.8) is 0 Å². The number of phenolic OH excluding ortho intramolecular Hbond substituents is 1. The summed E-state index contributed by atoms with van der Waals surface area (Å²) in [6.07, 6.45) is 3.97. The van der Waals surface area contributed by atoms with Gasteiger partial charge in [0.1, 0.15) is 11.5 Å². The summed E-state index contributed by atoms with van der Waals surface area (Å²) in [5.41, 5.74) is 2.50. The van der Waals surface area contributed by atoms with Gasteiger partial charge >= 0.3 is 5.97 Å². The molecule has 3 aliphatic rings. The van der Waals surface area contributed by atoms with Crippen LogP contribution in [-0.4, -0.2) is 34.8 Å². The molecule has 3 saturated heterocycles. The molecule has 3 aliphatic heterocycles. The van der Waals surface area contributed by atoms with Gasteiger partial charge in [0.25, 0.3) is 0 Å². The van der Waals surface area contributed by atoms with Gasteiger partial charge in [-0.1, -0.05) is 23.4 Å². The topological polar surface area (TPSA) is 62.1 Å². The van der Waals surface area contributed by atoms with Gasteiger partial charge in [-0.25, -0.2) is 4.79 Å². The second-order valence-corrected chi connectivity index (χ2v) is 5.41. The molecule has 110 valence electrons. The number of hydrogen-bond donors (Lipinski definition) is 1. The zero-order valence-corrected chi connectivity index (χ0v) is 12.0. The quantitative estimate of drug-likeness (QED) is 0.670. The molecule has 0 saturated carbocycles. The number of allylic oxidation sites excluding steroid dienone is 1. The Kier molecular flexibility index (Phi) is 3.64. The van der Waals surface area contributed by atoms with Crippen molar-refractivity contribution >= 4 is 17.8 Å². The molecule has 0 unspecified atom stereocenters. The van der Waals surface area contributed by atoms with E-state index in [1.54, 1.807) is 12.1 Å². The van der Waals surface area contributed by atoms with Gasteiger partial charge < -0.3 is 14.8 Å². The maximum Gasteiger partial charge on any atom is 0.331 e. The van der Waals surface area contributed by atoms with Crippen molar-refractivity contribution in [2.75, 3.05) is 13.1 Å². The van der Waals surface area contributed by atoms with Crippen molar-refractivity contribution in [1.82, 2.24) is 4.90 Å². The maximum atomic E-state index is 11.0. The number of carbonyl (C=O) groups is 1. The second kappa shape index (κ2) is 5.60. The van der Waals surface area contributed by atoms with Crippen LogP contribution in [0.3, 0.4) is 0 Å². The van der Waals surface area contributed by atoms with Gasteiger partial charge in [-0.3, -0.25) is 0 Å². The van der Waals surface area contributed by atoms with Crippen LogP contribution in [0.4, 0.5) is 0 Å². The Balaban J connectivity index is 1.99. The van der Waals surface area contributed by atoms with Crippen molar-refractivity contribution in [1.29, 1.82) is 0 Å². The lowest BCUT2D eigenvalue weighted by molar-refractivity contribution is -0.141. The highest BCUT2D eigenvalue weighted by Gasteiger charge is 2.35. The first kappa shape index (κ1) is 13.7. The van der Waals surface area contributed by atoms with Crippen LogP contribution in [0.15, 0.2) is 35.1 Å². The molecule has 0 aromatic heterocycles. The summed E-state index contributed by atoms with van der Waals surface area (Å²) in [6.45, 7) is 3.30. The Labute approximate surface area is 123 Å². The first-order chi connectivity index (χ1) is 10.1. The maximum absolute atomic E-state index is 11.0. The number of para-hydroxylation sites is 1. The molecular weight excluding hydrogens is 268 g/mol. The molecule has 1 aromatic rings. The third-order valence-electron chi connectivity index (χ3n) is 3.99. The molecule has 2 bridgehead atoms. The zero-order valence-electron chi connectivity index (χ0n) is 12.0. The van der Waals surface area contributed by atoms with Crippen molar-refractivity contribution in [2.24, 2.45) is 11.1 Å². The first-order valence-electron chi connectivity index (χ1n) is 7.15. The number of oxime groups is 1. The first-order valence-corrected chi connectivity index (χ1v) is 7.15. The number of benzene rings is 1. The number of fused-ring (bicyclic) bond motifs is 3. The Morgan fingerprint density at radius 1 is 1.38 bits per heavy atom. The summed E-state index contributed by atoms with van der Waals surface area (Å²) in [5, 5.41) is 14.0. The predicted octanol–water partition coefficient (Wildman–Crippen LogP) is 2.38. The van der Waals surface area contributed by atoms with Crippen LogP contribution in [0.5, 0.6) is 5.75 Å². The van der Waals surface area contributed by atoms with Gasteiger partial charge in [-0.05, 0) is 25.0 Å². The molecule has 0 amide bonds. The van der Waals surface area contributed by atoms with E-state index >= 15 is 0 Å². The molecule has 1 aromatic carbocycles. The Hall–Kier alpha value is -2.30. The van der Waals surface area contributed by atoms with Crippen LogP contribution in [-0.2, 0) is 9.63 Å². The molecule has 0 aliphatic carbocycles. The monoisotopic (exact) mass is 286 g/mol. The SMILES string of the molecule is CC(=O)O/N=C1/C(=C/c2ccccc2O)N2CCC1CC2. The molecule has 5 nitrogen and oxygen atoms in total. The Morgan fingerprint density at radius 3 is 2.76 bits per heavy atom. The third-order valence-corrected chi connectivity index (χ3v) is 3.99. The van der Waals surface area contributed by atoms with Gasteiger partial charge in [-0.2, -0.15) is 0 Å². The molecule has 0 radical (unpaired) electrons. The summed E-state index contributed by atoms with van der Waals surface area (Å²) in [6, 6.07) is 7.19. The lowest BCUT2D eigenvalue weighted by atomic mass is 9.83. The van der Waals surface area contributed by atoms with Gasteiger partial charge in [0.2, 0.25) is 0 Å². The Morgan fingerprint density at radius 2 is 2.10 bits per heavy atom. The lowest BCUT2D eigenvalue weighted by Crippen LogP contribution is -2.46. The highest BCUT2D eigenvalue weighted by atomic mass is 16.7. The number of nitrogens with zero attached hydrogens (tertiary/aromatic N) is 2. The van der Waals surface area contributed by atoms with E-state index in [1.165, 1.54) is 6.92 Å². The normalized spacial score (nSPS) is 22.0. The van der Waals surface area contributed by atoms with Crippen molar-refractivity contribution in [3.8, 4) is 5.75 Å². The number of aromatic hydroxyl groups is 1. The minimum atomic E-state index is -0.416. The molecule has 5 heteroatoms. The third kappa shape index (κ3) is 2.77. The highest BCUT2D eigenvalue weighted by Crippen LogP contribution is 2.34. The molecule has 0 atom stereocenters. The van der Waals surface area contributed by atoms with Crippen LogP contribution < -0.4 is 0 Å². The number of carbonyl (C=O) groups excluding carboxylic acids is 1. The average molecular weight is 286 g/mol. The van der Waals surface area contributed by atoms with Crippen molar-refractivity contribution in [2.45, 2.75) is 19.8 Å². The number of rotatable bonds is 2. The lowest BCUT2D eigenvalue weighted by Gasteiger charge is -2.42. The van der Waals surface area contributed by atoms with Gasteiger partial charge in [0.05, 0.1) is 5.70 Å². The molecular formula is C16H18N2O3. The Bertz CT molecular complexity index is 614. The largest absolute Gasteiger partial charge is 0.507 e. The second-order valence-electron chi connectivity index (χ2n) is 5.41. The van der Waals surface area contributed by atoms with E-state index in [0.717, 1.165) is 42.9 Å². The number of hydrogen-bond acceptors (Lipinski definition) is 5. The van der Waals surface area contributed by atoms with E-state index in [1.807, 2.05) is 18.2 Å². The van der Waals surface area contributed by atoms with E-state index in [2.05, 4.69) is 10.1 Å². The highest BCUT2D eigenvalue weighted by molar-refractivity contribution is 6.06. The van der Waals surface area contributed by atoms with Crippen molar-refractivity contribution in [3.05, 3.63) is 35.5 Å². The average Bonchev–Trinajstić information content (AvgIpc) is 2.49. The van der Waals surface area contributed by atoms with Crippen molar-refractivity contribution < 1.29 is 14.7 Å². The fourth-order valence-corrected chi connectivity index (χ4v) is 2.92. The molecule has 3 heterocycles. The van der Waals surface area contributed by atoms with Crippen LogP contribution >= 0.6 is 0 Å². The van der Waals surface area contributed by atoms with Gasteiger partial charge in [-0.15, -0.1) is 0 Å². The van der Waals surface area contributed by atoms with Gasteiger partial charge in [0.15, 0.2) is 0 Å². The minimum absolute atomic E-state index is 0.236. The van der Waals surface area contributed by atoms with E-state index in [4.69, 9.17) is 4.84 Å². The molecule has 21 heavy (non-hydrogen) atoms. The summed E-state index contributed by atoms with van der Waals surface area (Å²) in [4.78, 5) is 18.1. The fraction of sp³-hybridized carbons (Fsp3) is 0.375. The smallest absolute Gasteiger partial charge is 0.331 e. The number of phenols is 1. The minimum Gasteiger partial charge on any atom is -0.507 e. The predicted molar refractivity (Wildman–Crippen MR) is 79.6 cm³/mol. The summed E-state index contributed by atoms with van der Waals surface area (Å²) < 4.78 is 0. The number of piperidine rings is 3. The van der Waals surface area contributed by atoms with Crippen LogP contribution in [0, 0.1) is 5.92 Å². The summed E-state index contributed by atoms with van der Waals surface area (Å²) in [7, 11) is 0. The molecule has 1 N–H and O–H groups in total. The van der Waals surface area contributed by atoms with Crippen LogP contribution in [0.25, 0.3) is 6.08 Å². The standard InChI is InChI=1S/C16H18N2O3/c1-11(19)21-17-16-12-6-8-18(9-7-12)14(16)10-13-4-2-3-5-15(13)20/h2-5,10,12,20H,6-9H2,1H3/b14-10-,17-16+. The fourth-order valence-electron chi connectivity index (χ4n) is 2.92. The molecule has 3 fully saturated rings. The van der Waals surface area contributed by atoms with Crippen LogP contribution in [0.1, 0.15) is 25.3 Å². The summed E-state index contributed by atoms with van der Waals surface area (Å²) >= 11 is 0.